The fourth-order valence-electron chi connectivity index (χ4n) is 2.11. The van der Waals surface area contributed by atoms with Gasteiger partial charge in [0.1, 0.15) is 0 Å². The third-order valence-corrected chi connectivity index (χ3v) is 2.58. The molecule has 2 atom stereocenters. The standard InChI is InChI=1S/C7H13N/c1-2-6-4-5-8-7(6)3-1/h6-8H,1-5H2/t6-,7+/m1/s1. The van der Waals surface area contributed by atoms with E-state index in [4.69, 9.17) is 0 Å². The molecule has 1 aliphatic heterocycles. The van der Waals surface area contributed by atoms with Gasteiger partial charge in [-0.3, -0.25) is 0 Å². The summed E-state index contributed by atoms with van der Waals surface area (Å²) in [5.41, 5.74) is 0. The number of rotatable bonds is 0. The van der Waals surface area contributed by atoms with E-state index in [0.717, 1.165) is 12.0 Å². The normalized spacial score (nSPS) is 45.0. The largest absolute Gasteiger partial charge is 0.314 e. The molecule has 0 bridgehead atoms. The molecule has 46 valence electrons. The molecule has 2 rings (SSSR count). The van der Waals surface area contributed by atoms with Gasteiger partial charge in [-0.25, -0.2) is 0 Å². The zero-order valence-corrected chi connectivity index (χ0v) is 5.19. The first-order valence-electron chi connectivity index (χ1n) is 3.70. The lowest BCUT2D eigenvalue weighted by atomic mass is 10.1. The van der Waals surface area contributed by atoms with Crippen LogP contribution in [0, 0.1) is 5.92 Å². The van der Waals surface area contributed by atoms with Crippen LogP contribution in [0.1, 0.15) is 25.7 Å². The lowest BCUT2D eigenvalue weighted by molar-refractivity contribution is 0.518. The summed E-state index contributed by atoms with van der Waals surface area (Å²) >= 11 is 0. The van der Waals surface area contributed by atoms with Crippen molar-refractivity contribution < 1.29 is 0 Å². The summed E-state index contributed by atoms with van der Waals surface area (Å²) in [6, 6.07) is 0.926. The molecule has 1 aliphatic carbocycles. The Bertz CT molecular complexity index is 70.4. The minimum Gasteiger partial charge on any atom is -0.314 e. The predicted octanol–water partition coefficient (Wildman–Crippen LogP) is 1.15. The SMILES string of the molecule is C1C[C@@H]2CCN[C@H]2C1. The van der Waals surface area contributed by atoms with Crippen molar-refractivity contribution in [1.82, 2.24) is 5.32 Å². The molecule has 1 heterocycles. The summed E-state index contributed by atoms with van der Waals surface area (Å²) in [4.78, 5) is 0. The minimum absolute atomic E-state index is 0.926. The van der Waals surface area contributed by atoms with Crippen molar-refractivity contribution in [2.24, 2.45) is 5.92 Å². The van der Waals surface area contributed by atoms with Crippen LogP contribution in [0.2, 0.25) is 0 Å². The van der Waals surface area contributed by atoms with Crippen molar-refractivity contribution in [2.45, 2.75) is 31.7 Å². The quantitative estimate of drug-likeness (QED) is 0.494. The molecule has 1 saturated heterocycles. The van der Waals surface area contributed by atoms with Crippen molar-refractivity contribution in [3.8, 4) is 0 Å². The molecule has 2 aliphatic rings. The molecule has 0 aromatic carbocycles. The third kappa shape index (κ3) is 0.576. The monoisotopic (exact) mass is 111 g/mol. The van der Waals surface area contributed by atoms with Crippen LogP contribution in [0.5, 0.6) is 0 Å². The second kappa shape index (κ2) is 1.73. The van der Waals surface area contributed by atoms with Crippen LogP contribution >= 0.6 is 0 Å². The number of fused-ring (bicyclic) bond motifs is 1. The third-order valence-electron chi connectivity index (χ3n) is 2.58. The van der Waals surface area contributed by atoms with E-state index in [1.807, 2.05) is 0 Å². The van der Waals surface area contributed by atoms with E-state index in [1.54, 1.807) is 0 Å². The van der Waals surface area contributed by atoms with Gasteiger partial charge >= 0.3 is 0 Å². The minimum atomic E-state index is 0.926. The highest BCUT2D eigenvalue weighted by Crippen LogP contribution is 2.31. The van der Waals surface area contributed by atoms with Gasteiger partial charge in [-0.15, -0.1) is 0 Å². The zero-order valence-electron chi connectivity index (χ0n) is 5.19. The van der Waals surface area contributed by atoms with Gasteiger partial charge in [0, 0.05) is 6.04 Å². The molecular weight excluding hydrogens is 98.1 g/mol. The van der Waals surface area contributed by atoms with Gasteiger partial charge in [-0.1, -0.05) is 6.42 Å². The highest BCUT2D eigenvalue weighted by Gasteiger charge is 2.30. The zero-order chi connectivity index (χ0) is 5.40. The topological polar surface area (TPSA) is 12.0 Å². The van der Waals surface area contributed by atoms with E-state index >= 15 is 0 Å². The Labute approximate surface area is 50.5 Å². The summed E-state index contributed by atoms with van der Waals surface area (Å²) in [7, 11) is 0. The van der Waals surface area contributed by atoms with Crippen molar-refractivity contribution in [2.75, 3.05) is 6.54 Å². The molecule has 1 nitrogen and oxygen atoms in total. The van der Waals surface area contributed by atoms with Gasteiger partial charge in [-0.2, -0.15) is 0 Å². The Morgan fingerprint density at radius 2 is 2.12 bits per heavy atom. The molecule has 0 spiro atoms. The number of hydrogen-bond donors (Lipinski definition) is 1. The molecule has 2 fully saturated rings. The van der Waals surface area contributed by atoms with Gasteiger partial charge in [0.2, 0.25) is 0 Å². The van der Waals surface area contributed by atoms with Crippen molar-refractivity contribution >= 4 is 0 Å². The molecular formula is C7H13N. The first-order chi connectivity index (χ1) is 3.97. The fourth-order valence-corrected chi connectivity index (χ4v) is 2.11. The molecule has 1 saturated carbocycles. The second-order valence-corrected chi connectivity index (χ2v) is 3.04. The van der Waals surface area contributed by atoms with Gasteiger partial charge in [0.25, 0.3) is 0 Å². The van der Waals surface area contributed by atoms with Crippen LogP contribution < -0.4 is 5.32 Å². The molecule has 8 heavy (non-hydrogen) atoms. The Kier molecular flexibility index (Phi) is 1.04. The van der Waals surface area contributed by atoms with Crippen LogP contribution in [-0.4, -0.2) is 12.6 Å². The van der Waals surface area contributed by atoms with Gasteiger partial charge in [0.15, 0.2) is 0 Å². The van der Waals surface area contributed by atoms with E-state index in [-0.39, 0.29) is 0 Å². The average molecular weight is 111 g/mol. The van der Waals surface area contributed by atoms with Crippen molar-refractivity contribution in [3.63, 3.8) is 0 Å². The van der Waals surface area contributed by atoms with E-state index in [0.29, 0.717) is 0 Å². The van der Waals surface area contributed by atoms with Crippen LogP contribution in [0.4, 0.5) is 0 Å². The van der Waals surface area contributed by atoms with Gasteiger partial charge in [0.05, 0.1) is 0 Å². The summed E-state index contributed by atoms with van der Waals surface area (Å²) in [5, 5.41) is 3.52. The van der Waals surface area contributed by atoms with E-state index < -0.39 is 0 Å². The first-order valence-corrected chi connectivity index (χ1v) is 3.70. The van der Waals surface area contributed by atoms with Crippen molar-refractivity contribution in [1.29, 1.82) is 0 Å². The van der Waals surface area contributed by atoms with Gasteiger partial charge < -0.3 is 5.32 Å². The predicted molar refractivity (Wildman–Crippen MR) is 33.7 cm³/mol. The summed E-state index contributed by atoms with van der Waals surface area (Å²) in [6.45, 7) is 1.29. The lowest BCUT2D eigenvalue weighted by Gasteiger charge is -2.05. The summed E-state index contributed by atoms with van der Waals surface area (Å²) in [6.07, 6.45) is 5.87. The van der Waals surface area contributed by atoms with Crippen molar-refractivity contribution in [3.05, 3.63) is 0 Å². The van der Waals surface area contributed by atoms with Crippen LogP contribution in [0.25, 0.3) is 0 Å². The molecule has 0 unspecified atom stereocenters. The molecule has 1 heteroatoms. The summed E-state index contributed by atoms with van der Waals surface area (Å²) < 4.78 is 0. The Morgan fingerprint density at radius 3 is 3.00 bits per heavy atom. The molecule has 0 amide bonds. The maximum atomic E-state index is 3.52. The first kappa shape index (κ1) is 4.80. The maximum absolute atomic E-state index is 3.52. The number of nitrogens with one attached hydrogen (secondary N) is 1. The molecule has 0 aromatic heterocycles. The van der Waals surface area contributed by atoms with E-state index in [2.05, 4.69) is 5.32 Å². The Balaban J connectivity index is 2.04. The summed E-state index contributed by atoms with van der Waals surface area (Å²) in [5.74, 6) is 1.06. The highest BCUT2D eigenvalue weighted by molar-refractivity contribution is 4.88. The van der Waals surface area contributed by atoms with Crippen LogP contribution in [-0.2, 0) is 0 Å². The smallest absolute Gasteiger partial charge is 0.00958 e. The molecule has 0 aromatic rings. The maximum Gasteiger partial charge on any atom is 0.00958 e. The Hall–Kier alpha value is -0.0400. The fraction of sp³-hybridized carbons (Fsp3) is 1.00. The van der Waals surface area contributed by atoms with Crippen LogP contribution in [0.15, 0.2) is 0 Å². The highest BCUT2D eigenvalue weighted by atomic mass is 15.0. The lowest BCUT2D eigenvalue weighted by Crippen LogP contribution is -2.21. The molecule has 0 radical (unpaired) electrons. The van der Waals surface area contributed by atoms with E-state index in [1.165, 1.54) is 32.2 Å². The van der Waals surface area contributed by atoms with Crippen LogP contribution in [0.3, 0.4) is 0 Å². The molecule has 1 N–H and O–H groups in total. The average Bonchev–Trinajstić information content (AvgIpc) is 2.15. The van der Waals surface area contributed by atoms with E-state index in [9.17, 15) is 0 Å². The second-order valence-electron chi connectivity index (χ2n) is 3.04. The Morgan fingerprint density at radius 1 is 1.12 bits per heavy atom. The number of hydrogen-bond acceptors (Lipinski definition) is 1. The van der Waals surface area contributed by atoms with Gasteiger partial charge in [-0.05, 0) is 31.7 Å².